The summed E-state index contributed by atoms with van der Waals surface area (Å²) in [7, 11) is -9.91. The first-order valence-corrected chi connectivity index (χ1v) is 42.8. The molecule has 0 amide bonds. The minimum atomic E-state index is -4.96. The van der Waals surface area contributed by atoms with E-state index in [0.717, 1.165) is 120 Å². The smallest absolute Gasteiger partial charge is 0.462 e. The van der Waals surface area contributed by atoms with Gasteiger partial charge in [0.1, 0.15) is 19.3 Å². The van der Waals surface area contributed by atoms with Crippen LogP contribution in [0.5, 0.6) is 0 Å². The van der Waals surface area contributed by atoms with Crippen LogP contribution in [-0.4, -0.2) is 96.7 Å². The number of ether oxygens (including phenoxy) is 4. The lowest BCUT2D eigenvalue weighted by atomic mass is 9.99. The van der Waals surface area contributed by atoms with Crippen LogP contribution in [0.4, 0.5) is 0 Å². The van der Waals surface area contributed by atoms with Gasteiger partial charge in [0.25, 0.3) is 0 Å². The van der Waals surface area contributed by atoms with E-state index in [0.29, 0.717) is 25.7 Å². The zero-order valence-corrected chi connectivity index (χ0v) is 64.8. The van der Waals surface area contributed by atoms with Gasteiger partial charge >= 0.3 is 39.5 Å². The fraction of sp³-hybridized carbons (Fsp3) is 0.948. The second kappa shape index (κ2) is 66.3. The number of aliphatic hydroxyl groups is 1. The maximum Gasteiger partial charge on any atom is 0.472 e. The van der Waals surface area contributed by atoms with E-state index >= 15 is 0 Å². The molecule has 0 saturated carbocycles. The van der Waals surface area contributed by atoms with Crippen molar-refractivity contribution in [2.75, 3.05) is 39.6 Å². The molecule has 0 saturated heterocycles. The number of phosphoric acid groups is 2. The lowest BCUT2D eigenvalue weighted by Crippen LogP contribution is -2.30. The Morgan fingerprint density at radius 3 is 0.740 bits per heavy atom. The summed E-state index contributed by atoms with van der Waals surface area (Å²) >= 11 is 0. The van der Waals surface area contributed by atoms with Crippen molar-refractivity contribution in [2.45, 2.75) is 408 Å². The minimum Gasteiger partial charge on any atom is -0.462 e. The number of unbranched alkanes of at least 4 members (excludes halogenated alkanes) is 38. The van der Waals surface area contributed by atoms with Gasteiger partial charge in [0, 0.05) is 25.7 Å². The minimum absolute atomic E-state index is 0.105. The highest BCUT2D eigenvalue weighted by Gasteiger charge is 2.30. The fourth-order valence-electron chi connectivity index (χ4n) is 11.7. The number of aliphatic hydroxyl groups excluding tert-OH is 1. The SMILES string of the molecule is CCC(C)CCCCCCCCCCCCCCCCC(=O)OC[C@H](COP(=O)(O)OC[C@@H](O)COP(=O)(O)OC[C@@H](COC(=O)CCCCCCCCC(C)CC)OC(=O)CCCCCCCCCCCCCCCC(C)C)OC(=O)CCCCCCCCCCCC(C)C. The Labute approximate surface area is 588 Å². The topological polar surface area (TPSA) is 237 Å². The summed E-state index contributed by atoms with van der Waals surface area (Å²) in [6.45, 7) is 14.2. The van der Waals surface area contributed by atoms with Gasteiger partial charge in [-0.3, -0.25) is 37.3 Å². The van der Waals surface area contributed by atoms with Gasteiger partial charge in [-0.2, -0.15) is 0 Å². The third kappa shape index (κ3) is 67.9. The molecule has 0 rings (SSSR count). The van der Waals surface area contributed by atoms with E-state index in [1.54, 1.807) is 0 Å². The highest BCUT2D eigenvalue weighted by Crippen LogP contribution is 2.45. The maximum atomic E-state index is 13.1. The van der Waals surface area contributed by atoms with Crippen LogP contribution in [0.25, 0.3) is 0 Å². The van der Waals surface area contributed by atoms with Crippen LogP contribution in [0.3, 0.4) is 0 Å². The van der Waals surface area contributed by atoms with Gasteiger partial charge < -0.3 is 33.8 Å². The monoisotopic (exact) mass is 1410 g/mol. The van der Waals surface area contributed by atoms with Crippen molar-refractivity contribution >= 4 is 39.5 Å². The van der Waals surface area contributed by atoms with E-state index in [4.69, 9.17) is 37.0 Å². The van der Waals surface area contributed by atoms with Crippen molar-refractivity contribution in [2.24, 2.45) is 23.7 Å². The van der Waals surface area contributed by atoms with Crippen LogP contribution >= 0.6 is 15.6 Å². The predicted octanol–water partition coefficient (Wildman–Crippen LogP) is 22.4. The summed E-state index contributed by atoms with van der Waals surface area (Å²) in [6, 6.07) is 0. The molecule has 0 fully saturated rings. The molecule has 17 nitrogen and oxygen atoms in total. The predicted molar refractivity (Wildman–Crippen MR) is 391 cm³/mol. The molecule has 0 aromatic heterocycles. The van der Waals surface area contributed by atoms with Gasteiger partial charge in [-0.15, -0.1) is 0 Å². The van der Waals surface area contributed by atoms with Crippen molar-refractivity contribution in [1.82, 2.24) is 0 Å². The summed E-state index contributed by atoms with van der Waals surface area (Å²) in [5.74, 6) is 0.983. The summed E-state index contributed by atoms with van der Waals surface area (Å²) in [6.07, 6.45) is 51.3. The van der Waals surface area contributed by atoms with E-state index in [1.807, 2.05) is 0 Å². The molecule has 0 aliphatic rings. The van der Waals surface area contributed by atoms with Crippen molar-refractivity contribution in [3.05, 3.63) is 0 Å². The number of phosphoric ester groups is 2. The molecule has 0 heterocycles. The largest absolute Gasteiger partial charge is 0.472 e. The summed E-state index contributed by atoms with van der Waals surface area (Å²) in [5.41, 5.74) is 0. The Kier molecular flexibility index (Phi) is 65.0. The van der Waals surface area contributed by atoms with E-state index in [2.05, 4.69) is 55.4 Å². The third-order valence-electron chi connectivity index (χ3n) is 18.5. The molecular weight excluding hydrogens is 1260 g/mol. The zero-order chi connectivity index (χ0) is 71.0. The quantitative estimate of drug-likeness (QED) is 0.0222. The van der Waals surface area contributed by atoms with Crippen LogP contribution in [0.1, 0.15) is 389 Å². The van der Waals surface area contributed by atoms with Gasteiger partial charge in [0.05, 0.1) is 26.4 Å². The number of carbonyl (C=O) groups excluding carboxylic acids is 4. The Balaban J connectivity index is 5.23. The first kappa shape index (κ1) is 94.1. The second-order valence-corrected chi connectivity index (χ2v) is 32.1. The van der Waals surface area contributed by atoms with Crippen LogP contribution in [0.15, 0.2) is 0 Å². The van der Waals surface area contributed by atoms with Crippen molar-refractivity contribution in [3.63, 3.8) is 0 Å². The molecule has 0 bridgehead atoms. The molecule has 19 heteroatoms. The van der Waals surface area contributed by atoms with Crippen LogP contribution in [0, 0.1) is 23.7 Å². The molecule has 0 radical (unpaired) electrons. The molecule has 0 aromatic rings. The van der Waals surface area contributed by atoms with Crippen molar-refractivity contribution in [1.29, 1.82) is 0 Å². The third-order valence-corrected chi connectivity index (χ3v) is 20.4. The van der Waals surface area contributed by atoms with Crippen LogP contribution in [-0.2, 0) is 65.4 Å². The summed E-state index contributed by atoms with van der Waals surface area (Å²) < 4.78 is 68.6. The van der Waals surface area contributed by atoms with Gasteiger partial charge in [-0.25, -0.2) is 9.13 Å². The molecule has 0 aliphatic heterocycles. The standard InChI is InChI=1S/C77H150O17P2/c1-9-69(7)55-47-39-31-25-19-15-11-12-16-20-26-32-41-49-57-74(79)87-63-72(93-77(82)60-52-44-34-28-22-24-30-38-46-54-68(5)6)65-91-95(83,84)89-61-71(78)62-90-96(85,86)92-66-73(64-88-75(80)58-50-42-36-35-40-48-56-70(8)10-2)94-76(81)59-51-43-33-27-21-17-13-14-18-23-29-37-45-53-67(3)4/h67-73,78H,9-66H2,1-8H3,(H,83,84)(H,85,86)/t69?,70?,71-,72-,73-/m1/s1. The van der Waals surface area contributed by atoms with E-state index < -0.39 is 97.5 Å². The van der Waals surface area contributed by atoms with Gasteiger partial charge in [0.2, 0.25) is 0 Å². The average Bonchev–Trinajstić information content (AvgIpc) is 2.23. The molecule has 96 heavy (non-hydrogen) atoms. The van der Waals surface area contributed by atoms with E-state index in [9.17, 15) is 43.2 Å². The van der Waals surface area contributed by atoms with Crippen molar-refractivity contribution in [3.8, 4) is 0 Å². The van der Waals surface area contributed by atoms with Crippen molar-refractivity contribution < 1.29 is 80.2 Å². The Morgan fingerprint density at radius 2 is 0.500 bits per heavy atom. The number of carbonyl (C=O) groups is 4. The lowest BCUT2D eigenvalue weighted by Gasteiger charge is -2.21. The molecule has 570 valence electrons. The number of esters is 4. The van der Waals surface area contributed by atoms with Crippen LogP contribution < -0.4 is 0 Å². The highest BCUT2D eigenvalue weighted by molar-refractivity contribution is 7.47. The van der Waals surface area contributed by atoms with E-state index in [-0.39, 0.29) is 25.7 Å². The molecule has 3 N–H and O–H groups in total. The molecule has 0 aliphatic carbocycles. The second-order valence-electron chi connectivity index (χ2n) is 29.2. The summed E-state index contributed by atoms with van der Waals surface area (Å²) in [5, 5.41) is 10.6. The Morgan fingerprint density at radius 1 is 0.292 bits per heavy atom. The van der Waals surface area contributed by atoms with Gasteiger partial charge in [-0.05, 0) is 49.4 Å². The molecule has 7 atom stereocenters. The van der Waals surface area contributed by atoms with Crippen LogP contribution in [0.2, 0.25) is 0 Å². The first-order valence-electron chi connectivity index (χ1n) is 39.8. The number of hydrogen-bond acceptors (Lipinski definition) is 15. The normalized spacial score (nSPS) is 14.7. The zero-order valence-electron chi connectivity index (χ0n) is 63.0. The fourth-order valence-corrected chi connectivity index (χ4v) is 13.2. The average molecular weight is 1410 g/mol. The summed E-state index contributed by atoms with van der Waals surface area (Å²) in [4.78, 5) is 72.8. The van der Waals surface area contributed by atoms with Gasteiger partial charge in [-0.1, -0.05) is 338 Å². The number of rotatable bonds is 74. The highest BCUT2D eigenvalue weighted by atomic mass is 31.2. The molecule has 4 unspecified atom stereocenters. The molecule has 0 aromatic carbocycles. The number of hydrogen-bond donors (Lipinski definition) is 3. The Bertz CT molecular complexity index is 1890. The lowest BCUT2D eigenvalue weighted by molar-refractivity contribution is -0.161. The van der Waals surface area contributed by atoms with Gasteiger partial charge in [0.15, 0.2) is 12.2 Å². The maximum absolute atomic E-state index is 13.1. The molecular formula is C77H150O17P2. The Hall–Kier alpha value is -1.94. The first-order chi connectivity index (χ1) is 46.2. The van der Waals surface area contributed by atoms with E-state index in [1.165, 1.54) is 186 Å². The molecule has 0 spiro atoms.